The van der Waals surface area contributed by atoms with Crippen LogP contribution in [0.4, 0.5) is 0 Å². The van der Waals surface area contributed by atoms with E-state index in [4.69, 9.17) is 5.11 Å². The molecule has 2 saturated heterocycles. The third-order valence-electron chi connectivity index (χ3n) is 3.76. The van der Waals surface area contributed by atoms with Gasteiger partial charge in [0.25, 0.3) is 0 Å². The lowest BCUT2D eigenvalue weighted by atomic mass is 10.0. The average molecular weight is 212 g/mol. The standard InChI is InChI=1S/C11H20N2O2/c1-8(11(14)15)13-7-3-5-10(13)9-4-2-6-12-9/h8-10,12H,2-7H2,1H3,(H,14,15). The van der Waals surface area contributed by atoms with Crippen molar-refractivity contribution in [2.75, 3.05) is 13.1 Å². The van der Waals surface area contributed by atoms with E-state index in [1.807, 2.05) is 0 Å². The number of rotatable bonds is 3. The van der Waals surface area contributed by atoms with E-state index < -0.39 is 5.97 Å². The van der Waals surface area contributed by atoms with Gasteiger partial charge in [0.15, 0.2) is 0 Å². The summed E-state index contributed by atoms with van der Waals surface area (Å²) in [6, 6.07) is 0.632. The number of hydrogen-bond acceptors (Lipinski definition) is 3. The van der Waals surface area contributed by atoms with Crippen LogP contribution in [0.15, 0.2) is 0 Å². The number of carboxylic acids is 1. The Balaban J connectivity index is 2.00. The quantitative estimate of drug-likeness (QED) is 0.722. The topological polar surface area (TPSA) is 52.6 Å². The summed E-state index contributed by atoms with van der Waals surface area (Å²) in [4.78, 5) is 13.1. The van der Waals surface area contributed by atoms with Crippen molar-refractivity contribution in [3.05, 3.63) is 0 Å². The summed E-state index contributed by atoms with van der Waals surface area (Å²) >= 11 is 0. The van der Waals surface area contributed by atoms with Gasteiger partial charge in [-0.05, 0) is 45.7 Å². The fourth-order valence-corrected chi connectivity index (χ4v) is 2.91. The summed E-state index contributed by atoms with van der Waals surface area (Å²) in [6.45, 7) is 3.84. The lowest BCUT2D eigenvalue weighted by molar-refractivity contribution is -0.143. The molecule has 4 nitrogen and oxygen atoms in total. The Kier molecular flexibility index (Phi) is 3.26. The predicted octanol–water partition coefficient (Wildman–Crippen LogP) is 0.676. The van der Waals surface area contributed by atoms with Gasteiger partial charge in [-0.3, -0.25) is 9.69 Å². The van der Waals surface area contributed by atoms with Crippen molar-refractivity contribution in [2.24, 2.45) is 0 Å². The van der Waals surface area contributed by atoms with Gasteiger partial charge in [0.05, 0.1) is 0 Å². The Morgan fingerprint density at radius 1 is 1.47 bits per heavy atom. The van der Waals surface area contributed by atoms with Crippen molar-refractivity contribution >= 4 is 5.97 Å². The summed E-state index contributed by atoms with van der Waals surface area (Å²) in [5.41, 5.74) is 0. The molecule has 2 fully saturated rings. The van der Waals surface area contributed by atoms with E-state index in [9.17, 15) is 4.79 Å². The smallest absolute Gasteiger partial charge is 0.320 e. The number of aliphatic carboxylic acids is 1. The highest BCUT2D eigenvalue weighted by Gasteiger charge is 2.37. The number of likely N-dealkylation sites (tertiary alicyclic amines) is 1. The highest BCUT2D eigenvalue weighted by Crippen LogP contribution is 2.26. The van der Waals surface area contributed by atoms with Gasteiger partial charge >= 0.3 is 5.97 Å². The molecule has 0 radical (unpaired) electrons. The van der Waals surface area contributed by atoms with E-state index in [-0.39, 0.29) is 6.04 Å². The molecular weight excluding hydrogens is 192 g/mol. The second-order valence-electron chi connectivity index (χ2n) is 4.66. The molecule has 0 spiro atoms. The largest absolute Gasteiger partial charge is 0.480 e. The first-order chi connectivity index (χ1) is 7.20. The van der Waals surface area contributed by atoms with Crippen LogP contribution in [0.25, 0.3) is 0 Å². The minimum absolute atomic E-state index is 0.333. The molecule has 2 N–H and O–H groups in total. The Bertz CT molecular complexity index is 239. The molecule has 0 aromatic rings. The second kappa shape index (κ2) is 4.49. The molecule has 86 valence electrons. The maximum Gasteiger partial charge on any atom is 0.320 e. The molecule has 2 heterocycles. The molecule has 2 aliphatic heterocycles. The van der Waals surface area contributed by atoms with Crippen LogP contribution in [0.1, 0.15) is 32.6 Å². The van der Waals surface area contributed by atoms with Gasteiger partial charge < -0.3 is 10.4 Å². The molecule has 0 aromatic carbocycles. The lowest BCUT2D eigenvalue weighted by Gasteiger charge is -2.32. The second-order valence-corrected chi connectivity index (χ2v) is 4.66. The van der Waals surface area contributed by atoms with Gasteiger partial charge in [-0.25, -0.2) is 0 Å². The zero-order valence-corrected chi connectivity index (χ0v) is 9.28. The van der Waals surface area contributed by atoms with Gasteiger partial charge in [0.1, 0.15) is 6.04 Å². The van der Waals surface area contributed by atoms with Crippen LogP contribution < -0.4 is 5.32 Å². The summed E-state index contributed by atoms with van der Waals surface area (Å²) in [5, 5.41) is 12.5. The van der Waals surface area contributed by atoms with E-state index in [0.717, 1.165) is 25.9 Å². The zero-order chi connectivity index (χ0) is 10.8. The summed E-state index contributed by atoms with van der Waals surface area (Å²) in [6.07, 6.45) is 4.72. The van der Waals surface area contributed by atoms with Crippen LogP contribution in [-0.4, -0.2) is 47.2 Å². The number of carbonyl (C=O) groups is 1. The molecule has 0 bridgehead atoms. The maximum absolute atomic E-state index is 11.0. The monoisotopic (exact) mass is 212 g/mol. The Labute approximate surface area is 90.6 Å². The Morgan fingerprint density at radius 2 is 2.27 bits per heavy atom. The van der Waals surface area contributed by atoms with Crippen LogP contribution in [0, 0.1) is 0 Å². The van der Waals surface area contributed by atoms with Gasteiger partial charge in [0.2, 0.25) is 0 Å². The molecule has 0 aromatic heterocycles. The average Bonchev–Trinajstić information content (AvgIpc) is 2.86. The summed E-state index contributed by atoms with van der Waals surface area (Å²) in [5.74, 6) is -0.695. The van der Waals surface area contributed by atoms with E-state index in [1.54, 1.807) is 6.92 Å². The first-order valence-corrected chi connectivity index (χ1v) is 5.92. The van der Waals surface area contributed by atoms with Crippen LogP contribution >= 0.6 is 0 Å². The summed E-state index contributed by atoms with van der Waals surface area (Å²) < 4.78 is 0. The molecule has 2 rings (SSSR count). The fraction of sp³-hybridized carbons (Fsp3) is 0.909. The molecule has 2 aliphatic rings. The van der Waals surface area contributed by atoms with Crippen LogP contribution in [0.2, 0.25) is 0 Å². The molecular formula is C11H20N2O2. The molecule has 0 saturated carbocycles. The minimum atomic E-state index is -0.695. The SMILES string of the molecule is CC(C(=O)O)N1CCCC1C1CCCN1. The van der Waals surface area contributed by atoms with Gasteiger partial charge in [-0.1, -0.05) is 0 Å². The number of hydrogen-bond donors (Lipinski definition) is 2. The van der Waals surface area contributed by atoms with Gasteiger partial charge in [-0.15, -0.1) is 0 Å². The van der Waals surface area contributed by atoms with E-state index in [2.05, 4.69) is 10.2 Å². The molecule has 3 unspecified atom stereocenters. The van der Waals surface area contributed by atoms with E-state index in [1.165, 1.54) is 12.8 Å². The molecule has 0 aliphatic carbocycles. The Morgan fingerprint density at radius 3 is 2.87 bits per heavy atom. The fourth-order valence-electron chi connectivity index (χ4n) is 2.91. The number of nitrogens with zero attached hydrogens (tertiary/aromatic N) is 1. The van der Waals surface area contributed by atoms with E-state index >= 15 is 0 Å². The van der Waals surface area contributed by atoms with E-state index in [0.29, 0.717) is 12.1 Å². The third-order valence-corrected chi connectivity index (χ3v) is 3.76. The first-order valence-electron chi connectivity index (χ1n) is 5.92. The van der Waals surface area contributed by atoms with Gasteiger partial charge in [-0.2, -0.15) is 0 Å². The summed E-state index contributed by atoms with van der Waals surface area (Å²) in [7, 11) is 0. The van der Waals surface area contributed by atoms with Crippen molar-refractivity contribution in [1.82, 2.24) is 10.2 Å². The lowest BCUT2D eigenvalue weighted by Crippen LogP contribution is -2.49. The molecule has 0 amide bonds. The van der Waals surface area contributed by atoms with Crippen LogP contribution in [0.5, 0.6) is 0 Å². The van der Waals surface area contributed by atoms with Crippen molar-refractivity contribution in [1.29, 1.82) is 0 Å². The Hall–Kier alpha value is -0.610. The van der Waals surface area contributed by atoms with Crippen molar-refractivity contribution < 1.29 is 9.90 Å². The van der Waals surface area contributed by atoms with Crippen molar-refractivity contribution in [3.63, 3.8) is 0 Å². The highest BCUT2D eigenvalue weighted by atomic mass is 16.4. The molecule has 4 heteroatoms. The van der Waals surface area contributed by atoms with Crippen molar-refractivity contribution in [2.45, 2.75) is 50.7 Å². The van der Waals surface area contributed by atoms with Gasteiger partial charge in [0, 0.05) is 12.1 Å². The zero-order valence-electron chi connectivity index (χ0n) is 9.28. The highest BCUT2D eigenvalue weighted by molar-refractivity contribution is 5.73. The first kappa shape index (κ1) is 10.9. The van der Waals surface area contributed by atoms with Crippen LogP contribution in [-0.2, 0) is 4.79 Å². The van der Waals surface area contributed by atoms with Crippen molar-refractivity contribution in [3.8, 4) is 0 Å². The predicted molar refractivity (Wildman–Crippen MR) is 57.9 cm³/mol. The molecule has 15 heavy (non-hydrogen) atoms. The van der Waals surface area contributed by atoms with Crippen LogP contribution in [0.3, 0.4) is 0 Å². The normalized spacial score (nSPS) is 34.5. The number of carboxylic acid groups (broad SMARTS) is 1. The minimum Gasteiger partial charge on any atom is -0.480 e. The third kappa shape index (κ3) is 2.16. The maximum atomic E-state index is 11.0. The number of nitrogens with one attached hydrogen (secondary N) is 1. The molecule has 3 atom stereocenters.